The summed E-state index contributed by atoms with van der Waals surface area (Å²) in [6.45, 7) is 4.59. The Bertz CT molecular complexity index is 400. The number of amides is 1. The minimum atomic E-state index is -0.230. The molecule has 0 spiro atoms. The number of carbonyl (C=O) groups excluding carboxylic acids is 1. The Morgan fingerprint density at radius 2 is 2.11 bits per heavy atom. The zero-order valence-corrected chi connectivity index (χ0v) is 11.4. The van der Waals surface area contributed by atoms with Gasteiger partial charge >= 0.3 is 0 Å². The Hall–Kier alpha value is -1.49. The van der Waals surface area contributed by atoms with E-state index >= 15 is 0 Å². The molecule has 0 radical (unpaired) electrons. The van der Waals surface area contributed by atoms with E-state index in [4.69, 9.17) is 5.73 Å². The lowest BCUT2D eigenvalue weighted by molar-refractivity contribution is 0.0844. The van der Waals surface area contributed by atoms with Crippen LogP contribution in [0.25, 0.3) is 0 Å². The monoisotopic (exact) mass is 253 g/mol. The molecule has 0 atom stereocenters. The topological polar surface area (TPSA) is 80.3 Å². The average Bonchev–Trinajstić information content (AvgIpc) is 2.70. The van der Waals surface area contributed by atoms with Crippen molar-refractivity contribution in [3.8, 4) is 0 Å². The summed E-state index contributed by atoms with van der Waals surface area (Å²) >= 11 is 0. The molecule has 1 aromatic heterocycles. The summed E-state index contributed by atoms with van der Waals surface area (Å²) in [6.07, 6.45) is 3.36. The van der Waals surface area contributed by atoms with Gasteiger partial charge in [0.25, 0.3) is 5.91 Å². The van der Waals surface area contributed by atoms with Crippen molar-refractivity contribution >= 4 is 11.6 Å². The van der Waals surface area contributed by atoms with E-state index in [-0.39, 0.29) is 17.9 Å². The average molecular weight is 253 g/mol. The Labute approximate surface area is 108 Å². The van der Waals surface area contributed by atoms with Gasteiger partial charge in [0.1, 0.15) is 5.69 Å². The number of nitrogens with zero attached hydrogens (tertiary/aromatic N) is 1. The fraction of sp³-hybridized carbons (Fsp3) is 0.615. The first-order chi connectivity index (χ1) is 8.48. The summed E-state index contributed by atoms with van der Waals surface area (Å²) in [7, 11) is 1.78. The lowest BCUT2D eigenvalue weighted by Gasteiger charge is -2.29. The van der Waals surface area contributed by atoms with Crippen molar-refractivity contribution in [1.82, 2.24) is 9.88 Å². The van der Waals surface area contributed by atoms with Gasteiger partial charge in [-0.05, 0) is 18.9 Å². The molecule has 0 fully saturated rings. The largest absolute Gasteiger partial charge is 0.397 e. The van der Waals surface area contributed by atoms with Crippen molar-refractivity contribution < 1.29 is 9.90 Å². The third-order valence-electron chi connectivity index (χ3n) is 3.72. The lowest BCUT2D eigenvalue weighted by Crippen LogP contribution is -2.39. The SMILES string of the molecule is CCC(CC)(CO)CNC(=O)c1cc(N)cn1C. The van der Waals surface area contributed by atoms with Crippen LogP contribution in [0.4, 0.5) is 5.69 Å². The van der Waals surface area contributed by atoms with Gasteiger partial charge in [0.05, 0.1) is 12.3 Å². The molecule has 0 aliphatic rings. The predicted octanol–water partition coefficient (Wildman–Crippen LogP) is 1.14. The molecule has 0 saturated carbocycles. The molecule has 1 amide bonds. The van der Waals surface area contributed by atoms with Crippen LogP contribution in [0.3, 0.4) is 0 Å². The number of aryl methyl sites for hydroxylation is 1. The standard InChI is InChI=1S/C13H23N3O2/c1-4-13(5-2,9-17)8-15-12(18)11-6-10(14)7-16(11)3/h6-7,17H,4-5,8-9,14H2,1-3H3,(H,15,18). The highest BCUT2D eigenvalue weighted by atomic mass is 16.3. The third kappa shape index (κ3) is 3.04. The van der Waals surface area contributed by atoms with Crippen LogP contribution in [0.5, 0.6) is 0 Å². The van der Waals surface area contributed by atoms with Crippen molar-refractivity contribution in [2.24, 2.45) is 12.5 Å². The smallest absolute Gasteiger partial charge is 0.267 e. The van der Waals surface area contributed by atoms with E-state index in [0.717, 1.165) is 12.8 Å². The van der Waals surface area contributed by atoms with Crippen LogP contribution in [0, 0.1) is 5.41 Å². The minimum absolute atomic E-state index is 0.0789. The molecular weight excluding hydrogens is 230 g/mol. The number of rotatable bonds is 6. The normalized spacial score (nSPS) is 11.6. The number of nitrogen functional groups attached to an aromatic ring is 1. The van der Waals surface area contributed by atoms with Crippen molar-refractivity contribution in [3.63, 3.8) is 0 Å². The maximum absolute atomic E-state index is 12.0. The zero-order valence-electron chi connectivity index (χ0n) is 11.4. The Morgan fingerprint density at radius 3 is 2.50 bits per heavy atom. The molecule has 0 aliphatic carbocycles. The molecule has 0 aliphatic heterocycles. The molecule has 0 unspecified atom stereocenters. The number of hydrogen-bond donors (Lipinski definition) is 3. The fourth-order valence-corrected chi connectivity index (χ4v) is 1.95. The van der Waals surface area contributed by atoms with Crippen LogP contribution in [-0.4, -0.2) is 28.7 Å². The highest BCUT2D eigenvalue weighted by molar-refractivity contribution is 5.93. The number of aromatic nitrogens is 1. The van der Waals surface area contributed by atoms with Crippen molar-refractivity contribution in [2.45, 2.75) is 26.7 Å². The number of hydrogen-bond acceptors (Lipinski definition) is 3. The first-order valence-corrected chi connectivity index (χ1v) is 6.29. The van der Waals surface area contributed by atoms with Crippen molar-refractivity contribution in [2.75, 3.05) is 18.9 Å². The van der Waals surface area contributed by atoms with Gasteiger partial charge < -0.3 is 20.7 Å². The fourth-order valence-electron chi connectivity index (χ4n) is 1.95. The molecule has 1 rings (SSSR count). The Balaban J connectivity index is 2.69. The van der Waals surface area contributed by atoms with E-state index in [2.05, 4.69) is 5.32 Å². The van der Waals surface area contributed by atoms with Crippen molar-refractivity contribution in [1.29, 1.82) is 0 Å². The third-order valence-corrected chi connectivity index (χ3v) is 3.72. The van der Waals surface area contributed by atoms with Crippen LogP contribution in [0.1, 0.15) is 37.2 Å². The van der Waals surface area contributed by atoms with Crippen LogP contribution < -0.4 is 11.1 Å². The van der Waals surface area contributed by atoms with E-state index in [1.165, 1.54) is 0 Å². The lowest BCUT2D eigenvalue weighted by atomic mass is 9.83. The van der Waals surface area contributed by atoms with E-state index in [1.54, 1.807) is 23.9 Å². The summed E-state index contributed by atoms with van der Waals surface area (Å²) in [5.74, 6) is -0.158. The maximum atomic E-state index is 12.0. The second-order valence-corrected chi connectivity index (χ2v) is 4.82. The van der Waals surface area contributed by atoms with E-state index in [0.29, 0.717) is 17.9 Å². The van der Waals surface area contributed by atoms with Crippen LogP contribution in [-0.2, 0) is 7.05 Å². The molecule has 0 bridgehead atoms. The van der Waals surface area contributed by atoms with Gasteiger partial charge in [-0.15, -0.1) is 0 Å². The van der Waals surface area contributed by atoms with E-state index in [9.17, 15) is 9.90 Å². The highest BCUT2D eigenvalue weighted by Crippen LogP contribution is 2.24. The minimum Gasteiger partial charge on any atom is -0.397 e. The molecule has 18 heavy (non-hydrogen) atoms. The number of anilines is 1. The summed E-state index contributed by atoms with van der Waals surface area (Å²) in [5, 5.41) is 12.3. The number of carbonyl (C=O) groups is 1. The molecule has 1 heterocycles. The molecule has 0 aromatic carbocycles. The number of aliphatic hydroxyl groups excluding tert-OH is 1. The first-order valence-electron chi connectivity index (χ1n) is 6.29. The molecular formula is C13H23N3O2. The second kappa shape index (κ2) is 5.91. The summed E-state index contributed by atoms with van der Waals surface area (Å²) in [6, 6.07) is 1.65. The molecule has 102 valence electrons. The highest BCUT2D eigenvalue weighted by Gasteiger charge is 2.26. The number of nitrogens with one attached hydrogen (secondary N) is 1. The van der Waals surface area contributed by atoms with Gasteiger partial charge in [-0.1, -0.05) is 13.8 Å². The Morgan fingerprint density at radius 1 is 1.50 bits per heavy atom. The van der Waals surface area contributed by atoms with E-state index in [1.807, 2.05) is 13.8 Å². The molecule has 5 heteroatoms. The Kier molecular flexibility index (Phi) is 4.78. The van der Waals surface area contributed by atoms with Crippen LogP contribution in [0.15, 0.2) is 12.3 Å². The number of nitrogens with two attached hydrogens (primary N) is 1. The molecule has 4 N–H and O–H groups in total. The summed E-state index contributed by atoms with van der Waals surface area (Å²) in [5.41, 5.74) is 6.51. The number of aliphatic hydroxyl groups is 1. The van der Waals surface area contributed by atoms with Crippen LogP contribution in [0.2, 0.25) is 0 Å². The second-order valence-electron chi connectivity index (χ2n) is 4.82. The zero-order chi connectivity index (χ0) is 13.8. The predicted molar refractivity (Wildman–Crippen MR) is 72.3 cm³/mol. The summed E-state index contributed by atoms with van der Waals surface area (Å²) < 4.78 is 1.70. The van der Waals surface area contributed by atoms with Crippen molar-refractivity contribution in [3.05, 3.63) is 18.0 Å². The van der Waals surface area contributed by atoms with Gasteiger partial charge in [0.2, 0.25) is 0 Å². The van der Waals surface area contributed by atoms with Crippen LogP contribution >= 0.6 is 0 Å². The van der Waals surface area contributed by atoms with Gasteiger partial charge in [0.15, 0.2) is 0 Å². The maximum Gasteiger partial charge on any atom is 0.267 e. The van der Waals surface area contributed by atoms with E-state index < -0.39 is 0 Å². The van der Waals surface area contributed by atoms with Gasteiger partial charge in [-0.25, -0.2) is 0 Å². The molecule has 5 nitrogen and oxygen atoms in total. The molecule has 0 saturated heterocycles. The summed E-state index contributed by atoms with van der Waals surface area (Å²) in [4.78, 5) is 12.0. The quantitative estimate of drug-likeness (QED) is 0.711. The van der Waals surface area contributed by atoms with Gasteiger partial charge in [-0.2, -0.15) is 0 Å². The molecule has 1 aromatic rings. The van der Waals surface area contributed by atoms with Gasteiger partial charge in [-0.3, -0.25) is 4.79 Å². The van der Waals surface area contributed by atoms with Gasteiger partial charge in [0, 0.05) is 25.2 Å². The first kappa shape index (κ1) is 14.6.